The summed E-state index contributed by atoms with van der Waals surface area (Å²) in [5.41, 5.74) is 3.27. The maximum atomic E-state index is 11.7. The lowest BCUT2D eigenvalue weighted by atomic mass is 10.1. The number of rotatable bonds is 2. The van der Waals surface area contributed by atoms with E-state index >= 15 is 0 Å². The number of hydrogen-bond acceptors (Lipinski definition) is 2. The van der Waals surface area contributed by atoms with Crippen molar-refractivity contribution in [1.29, 1.82) is 0 Å². The largest absolute Gasteiger partial charge is 0.463 e. The number of fused-ring (bicyclic) bond motifs is 1. The van der Waals surface area contributed by atoms with E-state index < -0.39 is 0 Å². The summed E-state index contributed by atoms with van der Waals surface area (Å²) in [6.07, 6.45) is 4.84. The van der Waals surface area contributed by atoms with Gasteiger partial charge in [0.25, 0.3) is 0 Å². The molecule has 2 rings (SSSR count). The molecule has 2 nitrogen and oxygen atoms in total. The fourth-order valence-corrected chi connectivity index (χ4v) is 2.02. The van der Waals surface area contributed by atoms with Gasteiger partial charge >= 0.3 is 5.97 Å². The first-order chi connectivity index (χ1) is 7.81. The summed E-state index contributed by atoms with van der Waals surface area (Å²) in [6.45, 7) is 2.28. The van der Waals surface area contributed by atoms with Crippen LogP contribution in [0.4, 0.5) is 0 Å². The maximum absolute atomic E-state index is 11.7. The van der Waals surface area contributed by atoms with Crippen molar-refractivity contribution in [3.63, 3.8) is 0 Å². The van der Waals surface area contributed by atoms with Crippen LogP contribution in [-0.4, -0.2) is 12.6 Å². The van der Waals surface area contributed by atoms with Crippen LogP contribution in [0.15, 0.2) is 29.8 Å². The SMILES string of the molecule is CCOC(=O)C1=Cc2ccccc2CCC1. The molecule has 2 heteroatoms. The van der Waals surface area contributed by atoms with Gasteiger partial charge in [0.15, 0.2) is 0 Å². The first-order valence-corrected chi connectivity index (χ1v) is 5.77. The van der Waals surface area contributed by atoms with Crippen LogP contribution in [0.2, 0.25) is 0 Å². The van der Waals surface area contributed by atoms with Gasteiger partial charge in [-0.25, -0.2) is 4.79 Å². The molecule has 1 aromatic rings. The lowest BCUT2D eigenvalue weighted by molar-refractivity contribution is -0.138. The average Bonchev–Trinajstić information content (AvgIpc) is 2.51. The molecule has 0 atom stereocenters. The van der Waals surface area contributed by atoms with Crippen LogP contribution in [0, 0.1) is 0 Å². The Hall–Kier alpha value is -1.57. The molecule has 0 saturated heterocycles. The fraction of sp³-hybridized carbons (Fsp3) is 0.357. The standard InChI is InChI=1S/C14H16O2/c1-2-16-14(15)13-9-5-8-11-6-3-4-7-12(11)10-13/h3-4,6-7,10H,2,5,8-9H2,1H3. The van der Waals surface area contributed by atoms with Crippen molar-refractivity contribution >= 4 is 12.0 Å². The second kappa shape index (κ2) is 4.97. The second-order valence-corrected chi connectivity index (χ2v) is 3.94. The molecule has 1 aliphatic rings. The van der Waals surface area contributed by atoms with Gasteiger partial charge in [-0.15, -0.1) is 0 Å². The first-order valence-electron chi connectivity index (χ1n) is 5.77. The van der Waals surface area contributed by atoms with E-state index in [1.165, 1.54) is 5.56 Å². The van der Waals surface area contributed by atoms with Gasteiger partial charge in [0.2, 0.25) is 0 Å². The summed E-state index contributed by atoms with van der Waals surface area (Å²) < 4.78 is 5.04. The van der Waals surface area contributed by atoms with E-state index in [2.05, 4.69) is 12.1 Å². The van der Waals surface area contributed by atoms with Gasteiger partial charge in [-0.3, -0.25) is 0 Å². The van der Waals surface area contributed by atoms with E-state index in [0.29, 0.717) is 6.61 Å². The predicted octanol–water partition coefficient (Wildman–Crippen LogP) is 2.97. The minimum atomic E-state index is -0.167. The molecule has 1 aliphatic carbocycles. The minimum Gasteiger partial charge on any atom is -0.463 e. The van der Waals surface area contributed by atoms with Crippen molar-refractivity contribution in [1.82, 2.24) is 0 Å². The summed E-state index contributed by atoms with van der Waals surface area (Å²) in [5, 5.41) is 0. The van der Waals surface area contributed by atoms with Crippen molar-refractivity contribution in [3.8, 4) is 0 Å². The number of esters is 1. The maximum Gasteiger partial charge on any atom is 0.334 e. The number of hydrogen-bond donors (Lipinski definition) is 0. The molecule has 0 amide bonds. The first kappa shape index (κ1) is 10.9. The summed E-state index contributed by atoms with van der Waals surface area (Å²) in [6, 6.07) is 8.23. The number of benzene rings is 1. The smallest absolute Gasteiger partial charge is 0.334 e. The van der Waals surface area contributed by atoms with Crippen LogP contribution < -0.4 is 0 Å². The highest BCUT2D eigenvalue weighted by atomic mass is 16.5. The Bertz CT molecular complexity index is 418. The summed E-state index contributed by atoms with van der Waals surface area (Å²) >= 11 is 0. The Kier molecular flexibility index (Phi) is 3.40. The molecule has 0 N–H and O–H groups in total. The van der Waals surface area contributed by atoms with Crippen LogP contribution in [0.5, 0.6) is 0 Å². The van der Waals surface area contributed by atoms with Crippen LogP contribution in [0.3, 0.4) is 0 Å². The van der Waals surface area contributed by atoms with Gasteiger partial charge in [-0.05, 0) is 43.4 Å². The van der Waals surface area contributed by atoms with Crippen molar-refractivity contribution in [2.45, 2.75) is 26.2 Å². The molecule has 0 aliphatic heterocycles. The third-order valence-corrected chi connectivity index (χ3v) is 2.81. The lowest BCUT2D eigenvalue weighted by Gasteiger charge is -2.04. The highest BCUT2D eigenvalue weighted by Crippen LogP contribution is 2.23. The topological polar surface area (TPSA) is 26.3 Å². The van der Waals surface area contributed by atoms with Gasteiger partial charge in [0.05, 0.1) is 6.61 Å². The molecule has 84 valence electrons. The van der Waals surface area contributed by atoms with Crippen LogP contribution >= 0.6 is 0 Å². The van der Waals surface area contributed by atoms with E-state index in [1.807, 2.05) is 25.1 Å². The Morgan fingerprint density at radius 2 is 2.12 bits per heavy atom. The molecule has 0 saturated carbocycles. The number of carbonyl (C=O) groups is 1. The average molecular weight is 216 g/mol. The molecule has 16 heavy (non-hydrogen) atoms. The Balaban J connectivity index is 2.29. The van der Waals surface area contributed by atoms with Gasteiger partial charge in [-0.2, -0.15) is 0 Å². The molecule has 0 spiro atoms. The van der Waals surface area contributed by atoms with Crippen molar-refractivity contribution < 1.29 is 9.53 Å². The normalized spacial score (nSPS) is 14.7. The fourth-order valence-electron chi connectivity index (χ4n) is 2.02. The van der Waals surface area contributed by atoms with E-state index in [9.17, 15) is 4.79 Å². The Morgan fingerprint density at radius 3 is 2.94 bits per heavy atom. The molecule has 1 aromatic carbocycles. The molecular weight excluding hydrogens is 200 g/mol. The van der Waals surface area contributed by atoms with Gasteiger partial charge in [0.1, 0.15) is 0 Å². The molecule has 0 fully saturated rings. The number of ether oxygens (including phenoxy) is 1. The van der Waals surface area contributed by atoms with Crippen molar-refractivity contribution in [3.05, 3.63) is 41.0 Å². The lowest BCUT2D eigenvalue weighted by Crippen LogP contribution is -2.07. The van der Waals surface area contributed by atoms with Crippen LogP contribution in [0.25, 0.3) is 6.08 Å². The monoisotopic (exact) mass is 216 g/mol. The quantitative estimate of drug-likeness (QED) is 0.710. The highest BCUT2D eigenvalue weighted by molar-refractivity contribution is 5.94. The summed E-state index contributed by atoms with van der Waals surface area (Å²) in [5.74, 6) is -0.167. The van der Waals surface area contributed by atoms with Crippen LogP contribution in [0.1, 0.15) is 30.9 Å². The Labute approximate surface area is 95.9 Å². The molecule has 0 aromatic heterocycles. The summed E-state index contributed by atoms with van der Waals surface area (Å²) in [7, 11) is 0. The van der Waals surface area contributed by atoms with Gasteiger partial charge in [0, 0.05) is 5.57 Å². The zero-order chi connectivity index (χ0) is 11.4. The third-order valence-electron chi connectivity index (χ3n) is 2.81. The molecule has 0 heterocycles. The molecular formula is C14H16O2. The van der Waals surface area contributed by atoms with E-state index in [1.54, 1.807) is 0 Å². The van der Waals surface area contributed by atoms with E-state index in [0.717, 1.165) is 30.4 Å². The van der Waals surface area contributed by atoms with Crippen molar-refractivity contribution in [2.24, 2.45) is 0 Å². The van der Waals surface area contributed by atoms with Crippen LogP contribution in [-0.2, 0) is 16.0 Å². The van der Waals surface area contributed by atoms with Gasteiger partial charge in [-0.1, -0.05) is 24.3 Å². The molecule has 0 radical (unpaired) electrons. The second-order valence-electron chi connectivity index (χ2n) is 3.94. The minimum absolute atomic E-state index is 0.167. The zero-order valence-electron chi connectivity index (χ0n) is 9.53. The Morgan fingerprint density at radius 1 is 1.31 bits per heavy atom. The number of aryl methyl sites for hydroxylation is 1. The number of carbonyl (C=O) groups excluding carboxylic acids is 1. The molecule has 0 bridgehead atoms. The molecule has 0 unspecified atom stereocenters. The summed E-state index contributed by atoms with van der Waals surface area (Å²) in [4.78, 5) is 11.7. The van der Waals surface area contributed by atoms with E-state index in [-0.39, 0.29) is 5.97 Å². The zero-order valence-corrected chi connectivity index (χ0v) is 9.53. The predicted molar refractivity (Wildman–Crippen MR) is 64.0 cm³/mol. The third kappa shape index (κ3) is 2.32. The van der Waals surface area contributed by atoms with Crippen molar-refractivity contribution in [2.75, 3.05) is 6.61 Å². The van der Waals surface area contributed by atoms with E-state index in [4.69, 9.17) is 4.74 Å². The highest BCUT2D eigenvalue weighted by Gasteiger charge is 2.14. The van der Waals surface area contributed by atoms with Gasteiger partial charge < -0.3 is 4.74 Å².